The van der Waals surface area contributed by atoms with Crippen LogP contribution in [0.3, 0.4) is 0 Å². The average molecular weight is 346 g/mol. The van der Waals surface area contributed by atoms with E-state index in [9.17, 15) is 4.79 Å². The van der Waals surface area contributed by atoms with Crippen molar-refractivity contribution in [3.8, 4) is 0 Å². The minimum absolute atomic E-state index is 0.0948. The summed E-state index contributed by atoms with van der Waals surface area (Å²) >= 11 is 1.97. The summed E-state index contributed by atoms with van der Waals surface area (Å²) in [6, 6.07) is 8.68. The molecule has 3 rings (SSSR count). The number of piperidine rings is 1. The Kier molecular flexibility index (Phi) is 5.52. The van der Waals surface area contributed by atoms with Crippen LogP contribution in [0.2, 0.25) is 0 Å². The highest BCUT2D eigenvalue weighted by atomic mass is 32.2. The molecule has 1 aromatic heterocycles. The Morgan fingerprint density at radius 3 is 2.92 bits per heavy atom. The molecule has 1 fully saturated rings. The number of rotatable bonds is 5. The van der Waals surface area contributed by atoms with Crippen LogP contribution in [0.25, 0.3) is 0 Å². The number of carbonyl (C=O) groups excluding carboxylic acids is 1. The van der Waals surface area contributed by atoms with Crippen molar-refractivity contribution in [3.05, 3.63) is 41.5 Å². The molecule has 1 aromatic carbocycles. The van der Waals surface area contributed by atoms with Crippen molar-refractivity contribution in [2.24, 2.45) is 0 Å². The van der Waals surface area contributed by atoms with Crippen molar-refractivity contribution in [2.45, 2.75) is 36.5 Å². The Morgan fingerprint density at radius 2 is 2.21 bits per heavy atom. The van der Waals surface area contributed by atoms with E-state index in [4.69, 9.17) is 4.52 Å². The van der Waals surface area contributed by atoms with Crippen molar-refractivity contribution in [1.82, 2.24) is 20.4 Å². The lowest BCUT2D eigenvalue weighted by Crippen LogP contribution is -2.34. The van der Waals surface area contributed by atoms with Gasteiger partial charge >= 0.3 is 0 Å². The van der Waals surface area contributed by atoms with Crippen LogP contribution in [0, 0.1) is 6.92 Å². The number of carbonyl (C=O) groups is 1. The van der Waals surface area contributed by atoms with Crippen LogP contribution in [0.4, 0.5) is 0 Å². The zero-order chi connectivity index (χ0) is 16.9. The third kappa shape index (κ3) is 4.36. The minimum atomic E-state index is -0.321. The van der Waals surface area contributed by atoms with Gasteiger partial charge in [0.1, 0.15) is 0 Å². The summed E-state index contributed by atoms with van der Waals surface area (Å²) in [5.41, 5.74) is 1.31. The smallest absolute Gasteiger partial charge is 0.292 e. The quantitative estimate of drug-likeness (QED) is 0.897. The van der Waals surface area contributed by atoms with Crippen LogP contribution in [0.15, 0.2) is 33.7 Å². The predicted octanol–water partition coefficient (Wildman–Crippen LogP) is 2.49. The van der Waals surface area contributed by atoms with E-state index in [0.29, 0.717) is 17.7 Å². The lowest BCUT2D eigenvalue weighted by Gasteiger charge is -2.30. The van der Waals surface area contributed by atoms with Crippen molar-refractivity contribution < 1.29 is 9.32 Å². The molecule has 2 heterocycles. The number of aryl methyl sites for hydroxylation is 1. The first-order chi connectivity index (χ1) is 11.6. The molecule has 0 bridgehead atoms. The summed E-state index contributed by atoms with van der Waals surface area (Å²) in [4.78, 5) is 19.2. The molecule has 1 amide bonds. The van der Waals surface area contributed by atoms with Crippen LogP contribution in [0.1, 0.15) is 34.9 Å². The van der Waals surface area contributed by atoms with Gasteiger partial charge in [-0.2, -0.15) is 4.98 Å². The third-order valence-electron chi connectivity index (χ3n) is 4.08. The second kappa shape index (κ2) is 7.81. The summed E-state index contributed by atoms with van der Waals surface area (Å²) in [7, 11) is 1.55. The Labute approximate surface area is 146 Å². The lowest BCUT2D eigenvalue weighted by atomic mass is 10.1. The number of nitrogens with zero attached hydrogens (tertiary/aromatic N) is 3. The molecule has 1 N–H and O–H groups in total. The highest BCUT2D eigenvalue weighted by molar-refractivity contribution is 8.00. The zero-order valence-corrected chi connectivity index (χ0v) is 14.8. The fraction of sp³-hybridized carbons (Fsp3) is 0.471. The maximum atomic E-state index is 11.4. The van der Waals surface area contributed by atoms with E-state index in [-0.39, 0.29) is 11.7 Å². The van der Waals surface area contributed by atoms with Crippen molar-refractivity contribution in [3.63, 3.8) is 0 Å². The Hall–Kier alpha value is -1.86. The van der Waals surface area contributed by atoms with E-state index in [1.54, 1.807) is 7.05 Å². The normalized spacial score (nSPS) is 16.2. The van der Waals surface area contributed by atoms with Gasteiger partial charge < -0.3 is 9.84 Å². The summed E-state index contributed by atoms with van der Waals surface area (Å²) in [6.45, 7) is 4.73. The molecular weight excluding hydrogens is 324 g/mol. The molecule has 0 spiro atoms. The van der Waals surface area contributed by atoms with Crippen LogP contribution in [-0.4, -0.2) is 46.3 Å². The van der Waals surface area contributed by atoms with Gasteiger partial charge in [-0.05, 0) is 45.0 Å². The van der Waals surface area contributed by atoms with Crippen LogP contribution in [0.5, 0.6) is 0 Å². The van der Waals surface area contributed by atoms with Crippen molar-refractivity contribution >= 4 is 17.7 Å². The van der Waals surface area contributed by atoms with Crippen molar-refractivity contribution in [1.29, 1.82) is 0 Å². The van der Waals surface area contributed by atoms with Gasteiger partial charge in [0.2, 0.25) is 5.89 Å². The fourth-order valence-electron chi connectivity index (χ4n) is 2.78. The Bertz CT molecular complexity index is 695. The fourth-order valence-corrected chi connectivity index (χ4v) is 4.02. The highest BCUT2D eigenvalue weighted by Crippen LogP contribution is 2.31. The third-order valence-corrected chi connectivity index (χ3v) is 5.41. The second-order valence-corrected chi connectivity index (χ2v) is 7.37. The second-order valence-electron chi connectivity index (χ2n) is 6.00. The SMILES string of the molecule is CNC(=O)c1noc(CN2CCC(Sc3cccc(C)c3)CC2)n1. The Morgan fingerprint density at radius 1 is 1.42 bits per heavy atom. The van der Waals surface area contributed by atoms with E-state index < -0.39 is 0 Å². The van der Waals surface area contributed by atoms with Gasteiger partial charge in [-0.3, -0.25) is 9.69 Å². The summed E-state index contributed by atoms with van der Waals surface area (Å²) in [5.74, 6) is 0.272. The van der Waals surface area contributed by atoms with Gasteiger partial charge in [-0.15, -0.1) is 11.8 Å². The van der Waals surface area contributed by atoms with E-state index in [1.165, 1.54) is 10.5 Å². The molecular formula is C17H22N4O2S. The van der Waals surface area contributed by atoms with Crippen molar-refractivity contribution in [2.75, 3.05) is 20.1 Å². The number of amides is 1. The van der Waals surface area contributed by atoms with Crippen LogP contribution < -0.4 is 5.32 Å². The number of benzene rings is 1. The highest BCUT2D eigenvalue weighted by Gasteiger charge is 2.22. The number of hydrogen-bond acceptors (Lipinski definition) is 6. The average Bonchev–Trinajstić information content (AvgIpc) is 3.04. The number of thioether (sulfide) groups is 1. The topological polar surface area (TPSA) is 71.3 Å². The maximum absolute atomic E-state index is 11.4. The summed E-state index contributed by atoms with van der Waals surface area (Å²) in [6.07, 6.45) is 2.27. The molecule has 1 aliphatic rings. The molecule has 1 saturated heterocycles. The molecule has 2 aromatic rings. The molecule has 0 radical (unpaired) electrons. The van der Waals surface area contributed by atoms with E-state index >= 15 is 0 Å². The van der Waals surface area contributed by atoms with Gasteiger partial charge in [0.25, 0.3) is 11.7 Å². The largest absolute Gasteiger partial charge is 0.352 e. The molecule has 6 nitrogen and oxygen atoms in total. The first kappa shape index (κ1) is 17.0. The van der Waals surface area contributed by atoms with Gasteiger partial charge in [0.05, 0.1) is 6.54 Å². The maximum Gasteiger partial charge on any atom is 0.292 e. The van der Waals surface area contributed by atoms with Crippen LogP contribution >= 0.6 is 11.8 Å². The molecule has 24 heavy (non-hydrogen) atoms. The van der Waals surface area contributed by atoms with Gasteiger partial charge in [0, 0.05) is 17.2 Å². The monoisotopic (exact) mass is 346 g/mol. The molecule has 128 valence electrons. The first-order valence-electron chi connectivity index (χ1n) is 8.14. The molecule has 0 unspecified atom stereocenters. The number of hydrogen-bond donors (Lipinski definition) is 1. The number of aromatic nitrogens is 2. The molecule has 1 aliphatic heterocycles. The Balaban J connectivity index is 1.48. The van der Waals surface area contributed by atoms with E-state index in [2.05, 4.69) is 51.5 Å². The molecule has 7 heteroatoms. The standard InChI is InChI=1S/C17H22N4O2S/c1-12-4-3-5-14(10-12)24-13-6-8-21(9-7-13)11-15-19-16(20-23-15)17(22)18-2/h3-5,10,13H,6-9,11H2,1-2H3,(H,18,22). The lowest BCUT2D eigenvalue weighted by molar-refractivity contribution is 0.0950. The number of nitrogens with one attached hydrogen (secondary N) is 1. The molecule has 0 atom stereocenters. The van der Waals surface area contributed by atoms with Gasteiger partial charge in [0.15, 0.2) is 0 Å². The predicted molar refractivity (Wildman–Crippen MR) is 93.0 cm³/mol. The minimum Gasteiger partial charge on any atom is -0.352 e. The molecule has 0 saturated carbocycles. The number of likely N-dealkylation sites (tertiary alicyclic amines) is 1. The van der Waals surface area contributed by atoms with Gasteiger partial charge in [-0.1, -0.05) is 22.9 Å². The summed E-state index contributed by atoms with van der Waals surface area (Å²) < 4.78 is 5.16. The van der Waals surface area contributed by atoms with Crippen LogP contribution in [-0.2, 0) is 6.54 Å². The van der Waals surface area contributed by atoms with E-state index in [0.717, 1.165) is 25.9 Å². The zero-order valence-electron chi connectivity index (χ0n) is 14.0. The first-order valence-corrected chi connectivity index (χ1v) is 9.02. The van der Waals surface area contributed by atoms with E-state index in [1.807, 2.05) is 11.8 Å². The summed E-state index contributed by atoms with van der Waals surface area (Å²) in [5, 5.41) is 6.84. The molecule has 0 aliphatic carbocycles. The van der Waals surface area contributed by atoms with Gasteiger partial charge in [-0.25, -0.2) is 0 Å².